The van der Waals surface area contributed by atoms with Gasteiger partial charge in [-0.1, -0.05) is 35.9 Å². The highest BCUT2D eigenvalue weighted by molar-refractivity contribution is 7.99. The quantitative estimate of drug-likeness (QED) is 0.916. The van der Waals surface area contributed by atoms with Crippen LogP contribution in [0, 0.1) is 6.92 Å². The number of fused-ring (bicyclic) bond motifs is 1. The second-order valence-corrected chi connectivity index (χ2v) is 6.53. The molecular formula is C18H21NOS. The van der Waals surface area contributed by atoms with Crippen LogP contribution in [-0.4, -0.2) is 19.9 Å². The smallest absolute Gasteiger partial charge is 0.123 e. The van der Waals surface area contributed by atoms with Crippen LogP contribution in [0.2, 0.25) is 0 Å². The summed E-state index contributed by atoms with van der Waals surface area (Å²) in [5, 5.41) is 3.51. The number of aryl methyl sites for hydroxylation is 1. The van der Waals surface area contributed by atoms with E-state index in [9.17, 15) is 0 Å². The number of hydrogen-bond donors (Lipinski definition) is 1. The Balaban J connectivity index is 2.02. The van der Waals surface area contributed by atoms with Gasteiger partial charge in [-0.05, 0) is 31.7 Å². The van der Waals surface area contributed by atoms with Gasteiger partial charge in [0, 0.05) is 28.2 Å². The zero-order chi connectivity index (χ0) is 14.8. The molecule has 1 aliphatic heterocycles. The Morgan fingerprint density at radius 3 is 2.81 bits per heavy atom. The third-order valence-corrected chi connectivity index (χ3v) is 5.38. The molecule has 1 N–H and O–H groups in total. The van der Waals surface area contributed by atoms with E-state index in [2.05, 4.69) is 54.7 Å². The van der Waals surface area contributed by atoms with E-state index in [1.165, 1.54) is 21.6 Å². The summed E-state index contributed by atoms with van der Waals surface area (Å²) >= 11 is 1.95. The van der Waals surface area contributed by atoms with Crippen LogP contribution in [0.5, 0.6) is 5.75 Å². The molecule has 110 valence electrons. The Labute approximate surface area is 130 Å². The van der Waals surface area contributed by atoms with Crippen LogP contribution in [0.4, 0.5) is 0 Å². The molecule has 0 saturated heterocycles. The molecule has 0 spiro atoms. The summed E-state index contributed by atoms with van der Waals surface area (Å²) in [7, 11) is 3.79. The summed E-state index contributed by atoms with van der Waals surface area (Å²) in [6.45, 7) is 2.13. The van der Waals surface area contributed by atoms with Crippen molar-refractivity contribution < 1.29 is 4.74 Å². The van der Waals surface area contributed by atoms with Crippen molar-refractivity contribution in [3.05, 3.63) is 59.2 Å². The maximum atomic E-state index is 5.58. The maximum Gasteiger partial charge on any atom is 0.123 e. The van der Waals surface area contributed by atoms with E-state index < -0.39 is 0 Å². The van der Waals surface area contributed by atoms with Gasteiger partial charge in [0.25, 0.3) is 0 Å². The number of methoxy groups -OCH3 is 1. The summed E-state index contributed by atoms with van der Waals surface area (Å²) in [5.74, 6) is 2.56. The van der Waals surface area contributed by atoms with Crippen LogP contribution >= 0.6 is 11.8 Å². The second-order valence-electron chi connectivity index (χ2n) is 5.47. The number of hydrogen-bond acceptors (Lipinski definition) is 3. The Hall–Kier alpha value is -1.45. The normalized spacial score (nSPS) is 18.3. The highest BCUT2D eigenvalue weighted by Gasteiger charge is 2.31. The number of likely N-dealkylation sites (N-methyl/N-ethyl adjacent to an activating group) is 1. The van der Waals surface area contributed by atoms with Crippen molar-refractivity contribution in [3.63, 3.8) is 0 Å². The molecule has 3 rings (SSSR count). The lowest BCUT2D eigenvalue weighted by molar-refractivity contribution is 0.395. The van der Waals surface area contributed by atoms with Crippen molar-refractivity contribution in [3.8, 4) is 5.75 Å². The second kappa shape index (κ2) is 6.12. The third-order valence-electron chi connectivity index (χ3n) is 4.17. The summed E-state index contributed by atoms with van der Waals surface area (Å²) in [6.07, 6.45) is 0. The highest BCUT2D eigenvalue weighted by Crippen LogP contribution is 2.46. The summed E-state index contributed by atoms with van der Waals surface area (Å²) in [6, 6.07) is 15.4. The fraction of sp³-hybridized carbons (Fsp3) is 0.333. The fourth-order valence-corrected chi connectivity index (χ4v) is 4.43. The molecular weight excluding hydrogens is 278 g/mol. The Bertz CT molecular complexity index is 641. The molecule has 0 saturated carbocycles. The van der Waals surface area contributed by atoms with Gasteiger partial charge in [0.2, 0.25) is 0 Å². The van der Waals surface area contributed by atoms with Gasteiger partial charge in [0.1, 0.15) is 5.75 Å². The van der Waals surface area contributed by atoms with Gasteiger partial charge in [-0.15, -0.1) is 11.8 Å². The summed E-state index contributed by atoms with van der Waals surface area (Å²) < 4.78 is 5.58. The molecule has 1 aliphatic rings. The lowest BCUT2D eigenvalue weighted by Gasteiger charge is -2.26. The molecule has 2 aromatic rings. The predicted octanol–water partition coefficient (Wildman–Crippen LogP) is 4.15. The van der Waals surface area contributed by atoms with Crippen LogP contribution in [0.25, 0.3) is 0 Å². The molecule has 2 unspecified atom stereocenters. The Kier molecular flexibility index (Phi) is 4.22. The molecule has 3 heteroatoms. The van der Waals surface area contributed by atoms with Crippen LogP contribution in [0.3, 0.4) is 0 Å². The Morgan fingerprint density at radius 2 is 2.05 bits per heavy atom. The van der Waals surface area contributed by atoms with Crippen molar-refractivity contribution in [1.29, 1.82) is 0 Å². The molecule has 0 aromatic heterocycles. The van der Waals surface area contributed by atoms with Crippen LogP contribution in [0.15, 0.2) is 47.4 Å². The number of benzene rings is 2. The predicted molar refractivity (Wildman–Crippen MR) is 89.4 cm³/mol. The Morgan fingerprint density at radius 1 is 1.24 bits per heavy atom. The summed E-state index contributed by atoms with van der Waals surface area (Å²) in [5.41, 5.74) is 3.97. The SMILES string of the molecule is CNC(c1cc(C)ccc1OC)C1CSc2ccccc21. The van der Waals surface area contributed by atoms with Crippen molar-refractivity contribution in [2.24, 2.45) is 0 Å². The van der Waals surface area contributed by atoms with E-state index in [-0.39, 0.29) is 6.04 Å². The minimum Gasteiger partial charge on any atom is -0.496 e. The van der Waals surface area contributed by atoms with E-state index in [0.29, 0.717) is 5.92 Å². The standard InChI is InChI=1S/C18H21NOS/c1-12-8-9-16(20-3)14(10-12)18(19-2)15-11-21-17-7-5-4-6-13(15)17/h4-10,15,18-19H,11H2,1-3H3. The van der Waals surface area contributed by atoms with Gasteiger partial charge in [0.05, 0.1) is 7.11 Å². The molecule has 0 radical (unpaired) electrons. The van der Waals surface area contributed by atoms with Gasteiger partial charge in [-0.3, -0.25) is 0 Å². The van der Waals surface area contributed by atoms with E-state index >= 15 is 0 Å². The zero-order valence-electron chi connectivity index (χ0n) is 12.7. The van der Waals surface area contributed by atoms with Crippen molar-refractivity contribution in [2.75, 3.05) is 19.9 Å². The molecule has 0 aliphatic carbocycles. The van der Waals surface area contributed by atoms with Gasteiger partial charge in [0.15, 0.2) is 0 Å². The number of rotatable bonds is 4. The molecule has 2 nitrogen and oxygen atoms in total. The topological polar surface area (TPSA) is 21.3 Å². The van der Waals surface area contributed by atoms with E-state index in [0.717, 1.165) is 11.5 Å². The van der Waals surface area contributed by atoms with E-state index in [4.69, 9.17) is 4.74 Å². The average Bonchev–Trinajstić information content (AvgIpc) is 2.93. The van der Waals surface area contributed by atoms with Crippen LogP contribution in [-0.2, 0) is 0 Å². The fourth-order valence-electron chi connectivity index (χ4n) is 3.13. The first-order chi connectivity index (χ1) is 10.2. The van der Waals surface area contributed by atoms with Crippen molar-refractivity contribution in [2.45, 2.75) is 23.8 Å². The molecule has 21 heavy (non-hydrogen) atoms. The molecule has 2 atom stereocenters. The number of ether oxygens (including phenoxy) is 1. The molecule has 0 amide bonds. The van der Waals surface area contributed by atoms with E-state index in [1.807, 2.05) is 18.8 Å². The molecule has 1 heterocycles. The maximum absolute atomic E-state index is 5.58. The van der Waals surface area contributed by atoms with Gasteiger partial charge >= 0.3 is 0 Å². The largest absolute Gasteiger partial charge is 0.496 e. The average molecular weight is 299 g/mol. The first-order valence-electron chi connectivity index (χ1n) is 7.28. The molecule has 0 fully saturated rings. The third kappa shape index (κ3) is 2.68. The minimum absolute atomic E-state index is 0.274. The van der Waals surface area contributed by atoms with Crippen LogP contribution < -0.4 is 10.1 Å². The molecule has 2 aromatic carbocycles. The van der Waals surface area contributed by atoms with Crippen LogP contribution in [0.1, 0.15) is 28.7 Å². The number of thioether (sulfide) groups is 1. The van der Waals surface area contributed by atoms with Gasteiger partial charge < -0.3 is 10.1 Å². The monoisotopic (exact) mass is 299 g/mol. The first-order valence-corrected chi connectivity index (χ1v) is 8.26. The van der Waals surface area contributed by atoms with Crippen molar-refractivity contribution in [1.82, 2.24) is 5.32 Å². The lowest BCUT2D eigenvalue weighted by Crippen LogP contribution is -2.24. The summed E-state index contributed by atoms with van der Waals surface area (Å²) in [4.78, 5) is 1.41. The van der Waals surface area contributed by atoms with Crippen molar-refractivity contribution >= 4 is 11.8 Å². The zero-order valence-corrected chi connectivity index (χ0v) is 13.5. The highest BCUT2D eigenvalue weighted by atomic mass is 32.2. The van der Waals surface area contributed by atoms with E-state index in [1.54, 1.807) is 7.11 Å². The van der Waals surface area contributed by atoms with Gasteiger partial charge in [-0.2, -0.15) is 0 Å². The molecule has 0 bridgehead atoms. The number of nitrogens with one attached hydrogen (secondary N) is 1. The minimum atomic E-state index is 0.274. The van der Waals surface area contributed by atoms with Gasteiger partial charge in [-0.25, -0.2) is 0 Å². The first kappa shape index (κ1) is 14.5. The lowest BCUT2D eigenvalue weighted by atomic mass is 9.87.